The number of nitrogens with one attached hydrogen (secondary N) is 1. The number of carboxylic acid groups (broad SMARTS) is 2. The van der Waals surface area contributed by atoms with Crippen molar-refractivity contribution >= 4 is 53.4 Å². The number of aliphatic hydroxyl groups excluding tert-OH is 4. The highest BCUT2D eigenvalue weighted by atomic mass is 32.3. The third-order valence-corrected chi connectivity index (χ3v) is 8.49. The van der Waals surface area contributed by atoms with E-state index in [2.05, 4.69) is 17.3 Å². The van der Waals surface area contributed by atoms with Crippen LogP contribution in [-0.2, 0) is 87.3 Å². The Morgan fingerprint density at radius 2 is 1.27 bits per heavy atom. The summed E-state index contributed by atoms with van der Waals surface area (Å²) in [6, 6.07) is -2.59. The minimum absolute atomic E-state index is 0.337. The van der Waals surface area contributed by atoms with Crippen molar-refractivity contribution in [2.24, 2.45) is 0 Å². The maximum Gasteiger partial charge on any atom is 0.397 e. The summed E-state index contributed by atoms with van der Waals surface area (Å²) in [6.45, 7) is -1.56. The highest BCUT2D eigenvalue weighted by Gasteiger charge is 2.56. The lowest BCUT2D eigenvalue weighted by Crippen LogP contribution is -2.69. The van der Waals surface area contributed by atoms with E-state index < -0.39 is 146 Å². The molecule has 3 aliphatic rings. The highest BCUT2D eigenvalue weighted by Crippen LogP contribution is 2.34. The summed E-state index contributed by atoms with van der Waals surface area (Å²) in [5.41, 5.74) is 0. The van der Waals surface area contributed by atoms with Gasteiger partial charge in [0.1, 0.15) is 42.7 Å². The largest absolute Gasteiger partial charge is 0.479 e. The lowest BCUT2D eigenvalue weighted by Gasteiger charge is -2.48. The van der Waals surface area contributed by atoms with Gasteiger partial charge in [-0.2, -0.15) is 38.4 Å². The number of hydrogen-bond donors (Lipinski definition) is 11. The minimum Gasteiger partial charge on any atom is -0.479 e. The van der Waals surface area contributed by atoms with E-state index in [0.29, 0.717) is 6.08 Å². The standard InChI is InChI=1S/C18H27NO28S4/c20-3-1-4(14(23)24)41-18(9(3)46-50(34,35)36)44-10-5(2-40-49(31,32)33)42-17(6(7(10)21)19-48(28,29)30)45-11-8(22)12(47-51(37,38)39)16(27)43-13(11)15(25)26/h1,3,5-13,16-22,27H,2H2,(H,23,24)(H,25,26)(H,28,29,30)(H,31,32,33)(H,34,35,36)(H,37,38,39)/t3-,5+,6+,7+,8-,9+,10?,11?,12+,13+,16?,17+,18-/m0/s1. The molecule has 2 saturated heterocycles. The molecule has 13 atom stereocenters. The van der Waals surface area contributed by atoms with Crippen molar-refractivity contribution in [3.8, 4) is 0 Å². The molecule has 11 N–H and O–H groups in total. The maximum absolute atomic E-state index is 11.9. The summed E-state index contributed by atoms with van der Waals surface area (Å²) in [5, 5.41) is 61.1. The van der Waals surface area contributed by atoms with E-state index in [9.17, 15) is 78.5 Å². The van der Waals surface area contributed by atoms with E-state index in [4.69, 9.17) is 32.6 Å². The first-order chi connectivity index (χ1) is 23.1. The molecule has 296 valence electrons. The fraction of sp³-hybridized carbons (Fsp3) is 0.778. The molecule has 0 saturated carbocycles. The van der Waals surface area contributed by atoms with Gasteiger partial charge in [-0.1, -0.05) is 0 Å². The van der Waals surface area contributed by atoms with Gasteiger partial charge in [0.2, 0.25) is 12.0 Å². The van der Waals surface area contributed by atoms with E-state index in [1.807, 2.05) is 0 Å². The molecule has 0 aromatic heterocycles. The van der Waals surface area contributed by atoms with Gasteiger partial charge in [-0.15, -0.1) is 0 Å². The Balaban J connectivity index is 2.10. The third-order valence-electron chi connectivity index (χ3n) is 6.55. The van der Waals surface area contributed by atoms with Crippen LogP contribution in [0.15, 0.2) is 11.8 Å². The van der Waals surface area contributed by atoms with Crippen molar-refractivity contribution in [2.45, 2.75) is 79.8 Å². The van der Waals surface area contributed by atoms with Crippen LogP contribution in [0.4, 0.5) is 0 Å². The van der Waals surface area contributed by atoms with Gasteiger partial charge in [-0.05, 0) is 6.08 Å². The van der Waals surface area contributed by atoms with Gasteiger partial charge in [0.15, 0.2) is 30.9 Å². The summed E-state index contributed by atoms with van der Waals surface area (Å²) >= 11 is 0. The topological polar surface area (TPSA) is 459 Å². The van der Waals surface area contributed by atoms with Gasteiger partial charge in [-0.3, -0.25) is 18.2 Å². The van der Waals surface area contributed by atoms with Gasteiger partial charge in [0.05, 0.1) is 6.61 Å². The smallest absolute Gasteiger partial charge is 0.397 e. The molecule has 0 spiro atoms. The predicted molar refractivity (Wildman–Crippen MR) is 144 cm³/mol. The van der Waals surface area contributed by atoms with Crippen LogP contribution >= 0.6 is 0 Å². The Kier molecular flexibility index (Phi) is 13.5. The molecule has 51 heavy (non-hydrogen) atoms. The molecular weight excluding hydrogens is 806 g/mol. The Morgan fingerprint density at radius 3 is 1.76 bits per heavy atom. The minimum atomic E-state index is -5.57. The summed E-state index contributed by atoms with van der Waals surface area (Å²) in [6.07, 6.45) is -30.5. The summed E-state index contributed by atoms with van der Waals surface area (Å²) in [7, 11) is -22.2. The van der Waals surface area contributed by atoms with Crippen LogP contribution in [0.25, 0.3) is 0 Å². The molecule has 0 radical (unpaired) electrons. The third kappa shape index (κ3) is 12.1. The van der Waals surface area contributed by atoms with Gasteiger partial charge < -0.3 is 54.3 Å². The molecule has 3 unspecified atom stereocenters. The molecule has 0 aromatic carbocycles. The van der Waals surface area contributed by atoms with E-state index in [1.54, 1.807) is 0 Å². The van der Waals surface area contributed by atoms with Crippen LogP contribution in [0.1, 0.15) is 0 Å². The van der Waals surface area contributed by atoms with Crippen molar-refractivity contribution in [1.82, 2.24) is 4.72 Å². The second-order valence-electron chi connectivity index (χ2n) is 10.1. The second kappa shape index (κ2) is 15.9. The number of aliphatic carboxylic acids is 2. The number of hydrogen-bond acceptors (Lipinski definition) is 22. The number of aliphatic hydroxyl groups is 4. The SMILES string of the molecule is O=C(O)C1=C[C@H](O)[C@@H](OS(=O)(=O)O)[C@H](OC2[C@@H](COS(=O)(=O)O)O[C@H](OC3[C@H](C(=O)O)OC(O)[C@H](OS(=O)(=O)O)[C@H]3O)[C@H](NS(=O)(=O)O)[C@H]2O)O1. The molecule has 3 aliphatic heterocycles. The quantitative estimate of drug-likeness (QED) is 0.0683. The molecule has 3 rings (SSSR count). The molecule has 0 aliphatic carbocycles. The Labute approximate surface area is 284 Å². The van der Waals surface area contributed by atoms with Gasteiger partial charge in [0.25, 0.3) is 0 Å². The average molecular weight is 834 g/mol. The lowest BCUT2D eigenvalue weighted by atomic mass is 9.95. The van der Waals surface area contributed by atoms with Crippen LogP contribution in [0, 0.1) is 0 Å². The van der Waals surface area contributed by atoms with Gasteiger partial charge in [-0.25, -0.2) is 22.1 Å². The number of rotatable bonds is 15. The number of carboxylic acids is 2. The van der Waals surface area contributed by atoms with Crippen LogP contribution < -0.4 is 4.72 Å². The van der Waals surface area contributed by atoms with E-state index in [1.165, 1.54) is 4.72 Å². The normalized spacial score (nSPS) is 36.9. The molecule has 3 heterocycles. The molecule has 29 nitrogen and oxygen atoms in total. The van der Waals surface area contributed by atoms with Gasteiger partial charge in [0, 0.05) is 0 Å². The summed E-state index contributed by atoms with van der Waals surface area (Å²) in [5.74, 6) is -5.27. The molecular formula is C18H27NO28S4. The second-order valence-corrected chi connectivity index (χ2v) is 14.5. The molecule has 0 aromatic rings. The maximum atomic E-state index is 11.9. The first kappa shape index (κ1) is 43.0. The first-order valence-corrected chi connectivity index (χ1v) is 18.5. The van der Waals surface area contributed by atoms with E-state index in [-0.39, 0.29) is 0 Å². The summed E-state index contributed by atoms with van der Waals surface area (Å²) < 4.78 is 168. The van der Waals surface area contributed by atoms with Crippen molar-refractivity contribution in [2.75, 3.05) is 6.61 Å². The zero-order valence-corrected chi connectivity index (χ0v) is 27.5. The highest BCUT2D eigenvalue weighted by molar-refractivity contribution is 7.83. The number of ether oxygens (including phenoxy) is 5. The number of carbonyl (C=O) groups is 2. The first-order valence-electron chi connectivity index (χ1n) is 12.9. The van der Waals surface area contributed by atoms with Crippen molar-refractivity contribution < 1.29 is 128 Å². The lowest BCUT2D eigenvalue weighted by molar-refractivity contribution is -0.344. The van der Waals surface area contributed by atoms with Crippen LogP contribution in [-0.4, -0.2) is 181 Å². The average Bonchev–Trinajstić information content (AvgIpc) is 2.93. The van der Waals surface area contributed by atoms with Crippen molar-refractivity contribution in [1.29, 1.82) is 0 Å². The molecule has 0 amide bonds. The molecule has 2 fully saturated rings. The summed E-state index contributed by atoms with van der Waals surface area (Å²) in [4.78, 5) is 23.4. The Bertz CT molecular complexity index is 1760. The van der Waals surface area contributed by atoms with Crippen molar-refractivity contribution in [3.05, 3.63) is 11.8 Å². The zero-order valence-electron chi connectivity index (χ0n) is 24.2. The zero-order chi connectivity index (χ0) is 39.0. The monoisotopic (exact) mass is 833 g/mol. The fourth-order valence-electron chi connectivity index (χ4n) is 4.65. The van der Waals surface area contributed by atoms with Crippen LogP contribution in [0.3, 0.4) is 0 Å². The predicted octanol–water partition coefficient (Wildman–Crippen LogP) is -7.35. The van der Waals surface area contributed by atoms with Crippen LogP contribution in [0.5, 0.6) is 0 Å². The Morgan fingerprint density at radius 1 is 0.725 bits per heavy atom. The Hall–Kier alpha value is -2.36. The van der Waals surface area contributed by atoms with E-state index in [0.717, 1.165) is 0 Å². The molecule has 0 bridgehead atoms. The fourth-order valence-corrected chi connectivity index (χ4v) is 6.52. The van der Waals surface area contributed by atoms with Gasteiger partial charge >= 0.3 is 53.4 Å². The van der Waals surface area contributed by atoms with Crippen molar-refractivity contribution in [3.63, 3.8) is 0 Å². The molecule has 33 heteroatoms. The van der Waals surface area contributed by atoms with Crippen LogP contribution in [0.2, 0.25) is 0 Å². The van der Waals surface area contributed by atoms with E-state index >= 15 is 0 Å².